The van der Waals surface area contributed by atoms with Crippen LogP contribution in [0.5, 0.6) is 0 Å². The summed E-state index contributed by atoms with van der Waals surface area (Å²) in [5.74, 6) is -4.20. The van der Waals surface area contributed by atoms with E-state index in [1.165, 1.54) is 7.05 Å². The van der Waals surface area contributed by atoms with Crippen LogP contribution in [0.1, 0.15) is 6.92 Å². The molecule has 0 saturated heterocycles. The SMILES string of the molecule is CCOC(=NC)PC(F)(F)F. The maximum atomic E-state index is 11.7. The predicted molar refractivity (Wildman–Crippen MR) is 39.4 cm³/mol. The molecule has 0 bridgehead atoms. The molecule has 0 N–H and O–H groups in total. The van der Waals surface area contributed by atoms with E-state index in [0.29, 0.717) is 0 Å². The number of ether oxygens (including phenoxy) is 1. The predicted octanol–water partition coefficient (Wildman–Crippen LogP) is 2.21. The molecule has 0 aliphatic carbocycles. The zero-order valence-electron chi connectivity index (χ0n) is 6.20. The quantitative estimate of drug-likeness (QED) is 0.369. The first kappa shape index (κ1) is 10.7. The summed E-state index contributed by atoms with van der Waals surface area (Å²) in [7, 11) is -0.0512. The summed E-state index contributed by atoms with van der Waals surface area (Å²) >= 11 is 0. The van der Waals surface area contributed by atoms with Crippen molar-refractivity contribution in [2.75, 3.05) is 13.7 Å². The van der Waals surface area contributed by atoms with Gasteiger partial charge in [-0.15, -0.1) is 0 Å². The lowest BCUT2D eigenvalue weighted by Gasteiger charge is -2.08. The van der Waals surface area contributed by atoms with E-state index in [-0.39, 0.29) is 12.2 Å². The third-order valence-electron chi connectivity index (χ3n) is 0.733. The molecule has 1 atom stereocenters. The Kier molecular flexibility index (Phi) is 4.42. The fraction of sp³-hybridized carbons (Fsp3) is 0.800. The average Bonchev–Trinajstić information content (AvgIpc) is 1.84. The van der Waals surface area contributed by atoms with Gasteiger partial charge in [-0.2, -0.15) is 13.2 Å². The van der Waals surface area contributed by atoms with Crippen molar-refractivity contribution in [3.05, 3.63) is 0 Å². The highest BCUT2D eigenvalue weighted by Gasteiger charge is 2.30. The minimum absolute atomic E-state index is 0.218. The third-order valence-corrected chi connectivity index (χ3v) is 1.60. The molecule has 0 amide bonds. The third kappa shape index (κ3) is 6.10. The van der Waals surface area contributed by atoms with Crippen molar-refractivity contribution in [3.63, 3.8) is 0 Å². The summed E-state index contributed by atoms with van der Waals surface area (Å²) in [4.78, 5) is 3.35. The standard InChI is InChI=1S/C5H9F3NOP/c1-3-10-4(9-2)11-5(6,7)8/h11H,3H2,1-2H3. The fourth-order valence-electron chi connectivity index (χ4n) is 0.415. The second-order valence-electron chi connectivity index (χ2n) is 1.58. The van der Waals surface area contributed by atoms with Crippen LogP contribution in [-0.2, 0) is 4.74 Å². The van der Waals surface area contributed by atoms with Crippen LogP contribution in [-0.4, -0.2) is 25.2 Å². The van der Waals surface area contributed by atoms with Gasteiger partial charge in [0.1, 0.15) is 0 Å². The summed E-state index contributed by atoms with van der Waals surface area (Å²) in [5, 5.41) is 0. The van der Waals surface area contributed by atoms with Gasteiger partial charge in [0.25, 0.3) is 0 Å². The summed E-state index contributed by atoms with van der Waals surface area (Å²) in [6.07, 6.45) is 0. The lowest BCUT2D eigenvalue weighted by Crippen LogP contribution is -2.06. The molecule has 0 radical (unpaired) electrons. The van der Waals surface area contributed by atoms with E-state index in [2.05, 4.69) is 9.73 Å². The summed E-state index contributed by atoms with van der Waals surface area (Å²) < 4.78 is 39.6. The first-order chi connectivity index (χ1) is 4.99. The number of rotatable bonds is 2. The molecule has 0 saturated carbocycles. The first-order valence-electron chi connectivity index (χ1n) is 2.94. The summed E-state index contributed by atoms with van der Waals surface area (Å²) in [6, 6.07) is 0. The Balaban J connectivity index is 3.90. The second-order valence-corrected chi connectivity index (χ2v) is 2.83. The topological polar surface area (TPSA) is 21.6 Å². The van der Waals surface area contributed by atoms with Crippen LogP contribution in [0.15, 0.2) is 4.99 Å². The van der Waals surface area contributed by atoms with Gasteiger partial charge in [0.2, 0.25) is 5.64 Å². The molecule has 0 aliphatic heterocycles. The van der Waals surface area contributed by atoms with E-state index in [1.54, 1.807) is 6.92 Å². The van der Waals surface area contributed by atoms with Gasteiger partial charge in [-0.3, -0.25) is 4.99 Å². The minimum atomic E-state index is -4.20. The number of alkyl halides is 3. The molecular formula is C5H9F3NOP. The van der Waals surface area contributed by atoms with Crippen molar-refractivity contribution >= 4 is 14.2 Å². The summed E-state index contributed by atoms with van der Waals surface area (Å²) in [5.41, 5.74) is -0.236. The van der Waals surface area contributed by atoms with Crippen molar-refractivity contribution in [1.82, 2.24) is 0 Å². The van der Waals surface area contributed by atoms with Gasteiger partial charge in [-0.1, -0.05) is 0 Å². The van der Waals surface area contributed by atoms with Crippen LogP contribution >= 0.6 is 8.58 Å². The number of hydrogen-bond donors (Lipinski definition) is 0. The van der Waals surface area contributed by atoms with Crippen LogP contribution in [0.2, 0.25) is 0 Å². The fourth-order valence-corrected chi connectivity index (χ4v) is 0.985. The van der Waals surface area contributed by atoms with Gasteiger partial charge < -0.3 is 4.74 Å². The molecule has 0 aliphatic rings. The first-order valence-corrected chi connectivity index (χ1v) is 3.94. The van der Waals surface area contributed by atoms with Crippen LogP contribution in [0, 0.1) is 0 Å². The van der Waals surface area contributed by atoms with Crippen molar-refractivity contribution in [3.8, 4) is 0 Å². The van der Waals surface area contributed by atoms with E-state index >= 15 is 0 Å². The van der Waals surface area contributed by atoms with Gasteiger partial charge in [-0.25, -0.2) is 0 Å². The molecule has 66 valence electrons. The lowest BCUT2D eigenvalue weighted by atomic mass is 10.9. The highest BCUT2D eigenvalue weighted by atomic mass is 31.1. The average molecular weight is 187 g/mol. The van der Waals surface area contributed by atoms with E-state index in [0.717, 1.165) is 0 Å². The molecule has 0 rings (SSSR count). The largest absolute Gasteiger partial charge is 0.478 e. The summed E-state index contributed by atoms with van der Waals surface area (Å²) in [6.45, 7) is 1.84. The smallest absolute Gasteiger partial charge is 0.411 e. The molecule has 0 heterocycles. The van der Waals surface area contributed by atoms with Crippen LogP contribution in [0.25, 0.3) is 0 Å². The van der Waals surface area contributed by atoms with Gasteiger partial charge in [0.05, 0.1) is 15.2 Å². The van der Waals surface area contributed by atoms with Crippen molar-refractivity contribution < 1.29 is 17.9 Å². The van der Waals surface area contributed by atoms with Crippen LogP contribution in [0.3, 0.4) is 0 Å². The van der Waals surface area contributed by atoms with Gasteiger partial charge in [0, 0.05) is 7.05 Å². The van der Waals surface area contributed by atoms with E-state index in [4.69, 9.17) is 0 Å². The maximum absolute atomic E-state index is 11.7. The Morgan fingerprint density at radius 3 is 2.36 bits per heavy atom. The highest BCUT2D eigenvalue weighted by molar-refractivity contribution is 7.58. The monoisotopic (exact) mass is 187 g/mol. The molecule has 0 aromatic heterocycles. The Morgan fingerprint density at radius 2 is 2.09 bits per heavy atom. The van der Waals surface area contributed by atoms with Gasteiger partial charge in [-0.05, 0) is 6.92 Å². The van der Waals surface area contributed by atoms with E-state index in [1.807, 2.05) is 0 Å². The lowest BCUT2D eigenvalue weighted by molar-refractivity contribution is -0.0360. The van der Waals surface area contributed by atoms with Crippen LogP contribution in [0.4, 0.5) is 13.2 Å². The molecule has 0 fully saturated rings. The molecule has 11 heavy (non-hydrogen) atoms. The second kappa shape index (κ2) is 4.54. The molecule has 6 heteroatoms. The molecule has 2 nitrogen and oxygen atoms in total. The highest BCUT2D eigenvalue weighted by Crippen LogP contribution is 2.37. The number of aliphatic imine (C=N–C) groups is 1. The Hall–Kier alpha value is -0.310. The Labute approximate surface area is 64.6 Å². The molecule has 0 spiro atoms. The molecule has 0 aromatic carbocycles. The van der Waals surface area contributed by atoms with Crippen molar-refractivity contribution in [2.45, 2.75) is 12.8 Å². The van der Waals surface area contributed by atoms with Gasteiger partial charge in [0.15, 0.2) is 0 Å². The number of hydrogen-bond acceptors (Lipinski definition) is 2. The minimum Gasteiger partial charge on any atom is -0.478 e. The van der Waals surface area contributed by atoms with Crippen molar-refractivity contribution in [2.24, 2.45) is 4.99 Å². The van der Waals surface area contributed by atoms with Gasteiger partial charge >= 0.3 is 5.92 Å². The maximum Gasteiger partial charge on any atom is 0.411 e. The molecule has 1 unspecified atom stereocenters. The molecule has 0 aromatic rings. The number of halogens is 3. The van der Waals surface area contributed by atoms with E-state index in [9.17, 15) is 13.2 Å². The Bertz CT molecular complexity index is 145. The number of nitrogens with zero attached hydrogens (tertiary/aromatic N) is 1. The zero-order valence-corrected chi connectivity index (χ0v) is 7.20. The normalized spacial score (nSPS) is 14.5. The molecular weight excluding hydrogens is 178 g/mol. The Morgan fingerprint density at radius 1 is 1.55 bits per heavy atom. The van der Waals surface area contributed by atoms with E-state index < -0.39 is 14.5 Å². The zero-order chi connectivity index (χ0) is 8.91. The van der Waals surface area contributed by atoms with Crippen LogP contribution < -0.4 is 0 Å². The van der Waals surface area contributed by atoms with Crippen molar-refractivity contribution in [1.29, 1.82) is 0 Å².